The van der Waals surface area contributed by atoms with Gasteiger partial charge >= 0.3 is 0 Å². The van der Waals surface area contributed by atoms with Gasteiger partial charge < -0.3 is 9.47 Å². The van der Waals surface area contributed by atoms with Crippen molar-refractivity contribution < 1.29 is 17.9 Å². The molecule has 0 amide bonds. The minimum atomic E-state index is -2.53. The Morgan fingerprint density at radius 3 is 2.09 bits per heavy atom. The van der Waals surface area contributed by atoms with E-state index >= 15 is 0 Å². The van der Waals surface area contributed by atoms with Crippen LogP contribution in [0.4, 0.5) is 0 Å². The molecule has 11 heavy (non-hydrogen) atoms. The Labute approximate surface area is 68.0 Å². The van der Waals surface area contributed by atoms with Gasteiger partial charge in [-0.05, 0) is 0 Å². The lowest BCUT2D eigenvalue weighted by Crippen LogP contribution is -2.30. The zero-order chi connectivity index (χ0) is 8.85. The molecule has 0 aliphatic carbocycles. The summed E-state index contributed by atoms with van der Waals surface area (Å²) in [5, 5.41) is 0. The van der Waals surface area contributed by atoms with E-state index < -0.39 is 17.2 Å². The van der Waals surface area contributed by atoms with Crippen molar-refractivity contribution in [2.45, 2.75) is 6.29 Å². The highest BCUT2D eigenvalue weighted by Gasteiger charge is 2.09. The predicted molar refractivity (Wildman–Crippen MR) is 40.8 cm³/mol. The van der Waals surface area contributed by atoms with Crippen molar-refractivity contribution >= 4 is 10.9 Å². The second kappa shape index (κ2) is 5.48. The first-order valence-electron chi connectivity index (χ1n) is 3.02. The molecule has 0 fully saturated rings. The van der Waals surface area contributed by atoms with Crippen LogP contribution in [0.3, 0.4) is 0 Å². The van der Waals surface area contributed by atoms with Crippen LogP contribution in [-0.4, -0.2) is 46.8 Å². The van der Waals surface area contributed by atoms with Gasteiger partial charge in [0.05, 0.1) is 6.54 Å². The summed E-state index contributed by atoms with van der Waals surface area (Å²) in [6, 6.07) is 0. The third-order valence-corrected chi connectivity index (χ3v) is 1.94. The topological polar surface area (TPSA) is 55.8 Å². The van der Waals surface area contributed by atoms with Crippen LogP contribution in [0.5, 0.6) is 0 Å². The van der Waals surface area contributed by atoms with Crippen LogP contribution < -0.4 is 0 Å². The molecule has 0 heterocycles. The second-order valence-electron chi connectivity index (χ2n) is 1.98. The van der Waals surface area contributed by atoms with Crippen molar-refractivity contribution in [1.29, 1.82) is 0 Å². The molecule has 0 spiro atoms. The summed E-state index contributed by atoms with van der Waals surface area (Å²) in [4.78, 5) is 0. The van der Waals surface area contributed by atoms with Crippen LogP contribution in [0.25, 0.3) is 0 Å². The second-order valence-corrected chi connectivity index (χ2v) is 3.14. The van der Waals surface area contributed by atoms with E-state index in [1.54, 1.807) is 0 Å². The largest absolute Gasteiger partial charge is 0.355 e. The lowest BCUT2D eigenvalue weighted by molar-refractivity contribution is -0.106. The number of rotatable bonds is 5. The number of hydrogen-bond donors (Lipinski definition) is 1. The fourth-order valence-electron chi connectivity index (χ4n) is 0.528. The molecule has 0 aromatic heterocycles. The molecular weight excluding hydrogens is 170 g/mol. The molecule has 0 aromatic rings. The summed E-state index contributed by atoms with van der Waals surface area (Å²) in [5.41, 5.74) is 0. The van der Waals surface area contributed by atoms with Crippen LogP contribution in [0.1, 0.15) is 0 Å². The van der Waals surface area contributed by atoms with Crippen LogP contribution in [0.2, 0.25) is 0 Å². The van der Waals surface area contributed by atoms with E-state index in [4.69, 9.17) is 9.47 Å². The molecule has 0 rings (SSSR count). The minimum Gasteiger partial charge on any atom is -0.355 e. The Kier molecular flexibility index (Phi) is 5.39. The molecule has 0 aromatic carbocycles. The minimum absolute atomic E-state index is 0.214. The fraction of sp³-hybridized carbons (Fsp3) is 1.00. The number of nitrogens with zero attached hydrogens (tertiary/aromatic N) is 1. The SMILES string of the molecule is COC(CN(C)[SH](=O)=O)OC. The number of thiol groups is 1. The van der Waals surface area contributed by atoms with Gasteiger partial charge in [-0.2, -0.15) is 0 Å². The third kappa shape index (κ3) is 4.31. The van der Waals surface area contributed by atoms with E-state index in [9.17, 15) is 8.42 Å². The summed E-state index contributed by atoms with van der Waals surface area (Å²) in [6.07, 6.45) is -0.493. The molecule has 0 aliphatic rings. The van der Waals surface area contributed by atoms with E-state index in [1.807, 2.05) is 0 Å². The lowest BCUT2D eigenvalue weighted by Gasteiger charge is -2.16. The Morgan fingerprint density at radius 2 is 1.82 bits per heavy atom. The van der Waals surface area contributed by atoms with Crippen LogP contribution in [0.15, 0.2) is 0 Å². The van der Waals surface area contributed by atoms with Gasteiger partial charge in [0.2, 0.25) is 10.9 Å². The Bertz CT molecular complexity index is 158. The zero-order valence-electron chi connectivity index (χ0n) is 6.81. The zero-order valence-corrected chi connectivity index (χ0v) is 7.71. The average molecular weight is 183 g/mol. The average Bonchev–Trinajstić information content (AvgIpc) is 1.99. The Morgan fingerprint density at radius 1 is 1.36 bits per heavy atom. The maximum absolute atomic E-state index is 10.3. The molecule has 0 saturated carbocycles. The number of ether oxygens (including phenoxy) is 2. The highest BCUT2D eigenvalue weighted by molar-refractivity contribution is 7.69. The Balaban J connectivity index is 3.80. The van der Waals surface area contributed by atoms with E-state index in [2.05, 4.69) is 0 Å². The maximum atomic E-state index is 10.3. The quantitative estimate of drug-likeness (QED) is 0.441. The highest BCUT2D eigenvalue weighted by atomic mass is 32.2. The molecule has 0 unspecified atom stereocenters. The molecule has 0 aliphatic heterocycles. The summed E-state index contributed by atoms with van der Waals surface area (Å²) in [7, 11) is 1.84. The predicted octanol–water partition coefficient (Wildman–Crippen LogP) is -0.936. The molecule has 5 nitrogen and oxygen atoms in total. The van der Waals surface area contributed by atoms with E-state index in [1.165, 1.54) is 21.3 Å². The van der Waals surface area contributed by atoms with Gasteiger partial charge in [0.25, 0.3) is 0 Å². The van der Waals surface area contributed by atoms with Crippen LogP contribution in [0, 0.1) is 0 Å². The van der Waals surface area contributed by atoms with Gasteiger partial charge in [0.1, 0.15) is 0 Å². The summed E-state index contributed by atoms with van der Waals surface area (Å²) >= 11 is 0. The summed E-state index contributed by atoms with van der Waals surface area (Å²) < 4.78 is 31.3. The first-order chi connectivity index (χ1) is 5.11. The van der Waals surface area contributed by atoms with Gasteiger partial charge in [-0.1, -0.05) is 0 Å². The van der Waals surface area contributed by atoms with Gasteiger partial charge in [-0.25, -0.2) is 12.7 Å². The fourth-order valence-corrected chi connectivity index (χ4v) is 0.794. The first-order valence-corrected chi connectivity index (χ1v) is 4.16. The van der Waals surface area contributed by atoms with E-state index in [-0.39, 0.29) is 6.54 Å². The van der Waals surface area contributed by atoms with E-state index in [0.717, 1.165) is 4.31 Å². The van der Waals surface area contributed by atoms with Gasteiger partial charge in [0, 0.05) is 21.3 Å². The van der Waals surface area contributed by atoms with Crippen molar-refractivity contribution in [1.82, 2.24) is 4.31 Å². The third-order valence-electron chi connectivity index (χ3n) is 1.22. The smallest absolute Gasteiger partial charge is 0.203 e. The van der Waals surface area contributed by atoms with Crippen molar-refractivity contribution in [3.63, 3.8) is 0 Å². The molecule has 0 atom stereocenters. The van der Waals surface area contributed by atoms with Crippen molar-refractivity contribution in [3.8, 4) is 0 Å². The van der Waals surface area contributed by atoms with Crippen molar-refractivity contribution in [2.24, 2.45) is 0 Å². The normalized spacial score (nSPS) is 11.8. The number of likely N-dealkylation sites (N-methyl/N-ethyl adjacent to an activating group) is 1. The highest BCUT2D eigenvalue weighted by Crippen LogP contribution is 1.93. The summed E-state index contributed by atoms with van der Waals surface area (Å²) in [5.74, 6) is 0. The molecular formula is C5H13NO4S. The molecule has 0 N–H and O–H groups in total. The van der Waals surface area contributed by atoms with Crippen LogP contribution in [-0.2, 0) is 20.4 Å². The molecule has 0 radical (unpaired) electrons. The standard InChI is InChI=1S/C5H13NO4S/c1-6(11(7)8)4-5(9-2)10-3/h5,11H,4H2,1-3H3. The number of hydrogen-bond acceptors (Lipinski definition) is 4. The molecule has 0 bridgehead atoms. The van der Waals surface area contributed by atoms with Crippen molar-refractivity contribution in [2.75, 3.05) is 27.8 Å². The summed E-state index contributed by atoms with van der Waals surface area (Å²) in [6.45, 7) is 0.214. The molecule has 68 valence electrons. The molecule has 6 heteroatoms. The maximum Gasteiger partial charge on any atom is 0.203 e. The van der Waals surface area contributed by atoms with Crippen molar-refractivity contribution in [3.05, 3.63) is 0 Å². The monoisotopic (exact) mass is 183 g/mol. The van der Waals surface area contributed by atoms with Gasteiger partial charge in [-0.15, -0.1) is 0 Å². The number of methoxy groups -OCH3 is 2. The molecule has 0 saturated heterocycles. The lowest BCUT2D eigenvalue weighted by atomic mass is 10.6. The van der Waals surface area contributed by atoms with Crippen LogP contribution >= 0.6 is 0 Å². The first kappa shape index (κ1) is 10.8. The van der Waals surface area contributed by atoms with E-state index in [0.29, 0.717) is 0 Å². The van der Waals surface area contributed by atoms with Gasteiger partial charge in [0.15, 0.2) is 6.29 Å². The Hall–Kier alpha value is -0.170. The van der Waals surface area contributed by atoms with Gasteiger partial charge in [-0.3, -0.25) is 0 Å².